The summed E-state index contributed by atoms with van der Waals surface area (Å²) in [7, 11) is 0. The van der Waals surface area contributed by atoms with Crippen molar-refractivity contribution < 1.29 is 4.79 Å². The minimum absolute atomic E-state index is 0.519. The molecule has 1 nitrogen and oxygen atoms in total. The van der Waals surface area contributed by atoms with Gasteiger partial charge in [-0.3, -0.25) is 4.79 Å². The molecule has 1 saturated carbocycles. The maximum Gasteiger partial charge on any atom is 0.145 e. The Morgan fingerprint density at radius 1 is 1.54 bits per heavy atom. The van der Waals surface area contributed by atoms with Crippen molar-refractivity contribution in [2.24, 2.45) is 11.3 Å². The van der Waals surface area contributed by atoms with E-state index in [0.29, 0.717) is 5.41 Å². The van der Waals surface area contributed by atoms with Crippen molar-refractivity contribution in [3.8, 4) is 0 Å². The van der Waals surface area contributed by atoms with Gasteiger partial charge in [0.1, 0.15) is 6.29 Å². The third kappa shape index (κ3) is 1.56. The minimum Gasteiger partial charge on any atom is -0.298 e. The predicted molar refractivity (Wildman–Crippen MR) is 53.4 cm³/mol. The molecule has 0 aromatic heterocycles. The second-order valence-corrected chi connectivity index (χ2v) is 4.90. The Bertz CT molecular complexity index is 242. The summed E-state index contributed by atoms with van der Waals surface area (Å²) in [6.07, 6.45) is 10.8. The normalized spacial score (nSPS) is 39.2. The molecular formula is C12H18O. The molecule has 0 spiro atoms. The molecule has 0 bridgehead atoms. The molecule has 2 atom stereocenters. The average Bonchev–Trinajstić information content (AvgIpc) is 2.16. The van der Waals surface area contributed by atoms with Crippen LogP contribution in [0.2, 0.25) is 0 Å². The highest BCUT2D eigenvalue weighted by Crippen LogP contribution is 2.49. The Labute approximate surface area is 80.2 Å². The van der Waals surface area contributed by atoms with Gasteiger partial charge in [-0.2, -0.15) is 0 Å². The smallest absolute Gasteiger partial charge is 0.145 e. The molecular weight excluding hydrogens is 160 g/mol. The van der Waals surface area contributed by atoms with Crippen molar-refractivity contribution in [1.29, 1.82) is 0 Å². The SMILES string of the molecule is C[C@@]12CC=C(C=O)C[C@H]1CCCC2. The fourth-order valence-electron chi connectivity index (χ4n) is 2.92. The number of hydrogen-bond donors (Lipinski definition) is 0. The monoisotopic (exact) mass is 178 g/mol. The van der Waals surface area contributed by atoms with E-state index in [1.807, 2.05) is 0 Å². The first-order chi connectivity index (χ1) is 6.24. The van der Waals surface area contributed by atoms with E-state index in [-0.39, 0.29) is 0 Å². The Kier molecular flexibility index (Phi) is 2.27. The Morgan fingerprint density at radius 3 is 3.15 bits per heavy atom. The van der Waals surface area contributed by atoms with Crippen LogP contribution in [0.3, 0.4) is 0 Å². The van der Waals surface area contributed by atoms with E-state index in [2.05, 4.69) is 13.0 Å². The Morgan fingerprint density at radius 2 is 2.38 bits per heavy atom. The molecule has 2 aliphatic carbocycles. The van der Waals surface area contributed by atoms with Gasteiger partial charge < -0.3 is 0 Å². The van der Waals surface area contributed by atoms with E-state index in [1.165, 1.54) is 25.7 Å². The Hall–Kier alpha value is -0.590. The van der Waals surface area contributed by atoms with Crippen LogP contribution in [0.25, 0.3) is 0 Å². The third-order valence-corrected chi connectivity index (χ3v) is 4.00. The molecule has 0 aliphatic heterocycles. The van der Waals surface area contributed by atoms with Gasteiger partial charge in [0.2, 0.25) is 0 Å². The van der Waals surface area contributed by atoms with Gasteiger partial charge in [-0.1, -0.05) is 25.8 Å². The zero-order valence-corrected chi connectivity index (χ0v) is 8.38. The molecule has 72 valence electrons. The lowest BCUT2D eigenvalue weighted by Crippen LogP contribution is -2.33. The topological polar surface area (TPSA) is 17.1 Å². The zero-order chi connectivity index (χ0) is 9.31. The van der Waals surface area contributed by atoms with Crippen molar-refractivity contribution in [2.75, 3.05) is 0 Å². The first kappa shape index (κ1) is 8.98. The molecule has 0 aromatic carbocycles. The molecule has 0 amide bonds. The van der Waals surface area contributed by atoms with Crippen molar-refractivity contribution >= 4 is 6.29 Å². The number of aldehydes is 1. The summed E-state index contributed by atoms with van der Waals surface area (Å²) in [4.78, 5) is 10.7. The molecule has 1 heteroatoms. The van der Waals surface area contributed by atoms with Gasteiger partial charge in [0.15, 0.2) is 0 Å². The van der Waals surface area contributed by atoms with Crippen LogP contribution in [0.5, 0.6) is 0 Å². The van der Waals surface area contributed by atoms with E-state index in [9.17, 15) is 4.79 Å². The number of fused-ring (bicyclic) bond motifs is 1. The van der Waals surface area contributed by atoms with Crippen LogP contribution in [0.15, 0.2) is 11.6 Å². The lowest BCUT2D eigenvalue weighted by Gasteiger charge is -2.43. The van der Waals surface area contributed by atoms with E-state index in [1.54, 1.807) is 0 Å². The lowest BCUT2D eigenvalue weighted by molar-refractivity contribution is -0.105. The van der Waals surface area contributed by atoms with E-state index >= 15 is 0 Å². The van der Waals surface area contributed by atoms with Gasteiger partial charge in [0.25, 0.3) is 0 Å². The fraction of sp³-hybridized carbons (Fsp3) is 0.750. The quantitative estimate of drug-likeness (QED) is 0.564. The summed E-state index contributed by atoms with van der Waals surface area (Å²) in [5.41, 5.74) is 1.56. The number of hydrogen-bond acceptors (Lipinski definition) is 1. The van der Waals surface area contributed by atoms with Crippen LogP contribution in [-0.4, -0.2) is 6.29 Å². The zero-order valence-electron chi connectivity index (χ0n) is 8.38. The minimum atomic E-state index is 0.519. The molecule has 0 heterocycles. The molecule has 13 heavy (non-hydrogen) atoms. The van der Waals surface area contributed by atoms with Crippen molar-refractivity contribution in [3.05, 3.63) is 11.6 Å². The second kappa shape index (κ2) is 3.28. The summed E-state index contributed by atoms with van der Waals surface area (Å²) in [5.74, 6) is 0.784. The van der Waals surface area contributed by atoms with Gasteiger partial charge in [0, 0.05) is 0 Å². The van der Waals surface area contributed by atoms with Gasteiger partial charge in [-0.15, -0.1) is 0 Å². The highest BCUT2D eigenvalue weighted by molar-refractivity contribution is 5.73. The van der Waals surface area contributed by atoms with E-state index in [0.717, 1.165) is 30.6 Å². The molecule has 0 N–H and O–H groups in total. The van der Waals surface area contributed by atoms with Crippen LogP contribution >= 0.6 is 0 Å². The highest BCUT2D eigenvalue weighted by atomic mass is 16.1. The van der Waals surface area contributed by atoms with Crippen molar-refractivity contribution in [1.82, 2.24) is 0 Å². The number of rotatable bonds is 1. The summed E-state index contributed by atoms with van der Waals surface area (Å²) >= 11 is 0. The van der Waals surface area contributed by atoms with Gasteiger partial charge in [0.05, 0.1) is 0 Å². The second-order valence-electron chi connectivity index (χ2n) is 4.90. The number of carbonyl (C=O) groups is 1. The third-order valence-electron chi connectivity index (χ3n) is 4.00. The van der Waals surface area contributed by atoms with Crippen molar-refractivity contribution in [3.63, 3.8) is 0 Å². The average molecular weight is 178 g/mol. The summed E-state index contributed by atoms with van der Waals surface area (Å²) in [6, 6.07) is 0. The van der Waals surface area contributed by atoms with Gasteiger partial charge >= 0.3 is 0 Å². The summed E-state index contributed by atoms with van der Waals surface area (Å²) in [5, 5.41) is 0. The first-order valence-electron chi connectivity index (χ1n) is 5.39. The standard InChI is InChI=1S/C12H18O/c1-12-6-3-2-4-11(12)8-10(9-13)5-7-12/h5,9,11H,2-4,6-8H2,1H3/t11-,12-/m1/s1. The molecule has 2 rings (SSSR count). The molecule has 0 aromatic rings. The van der Waals surface area contributed by atoms with Crippen molar-refractivity contribution in [2.45, 2.75) is 45.4 Å². The molecule has 2 aliphatic rings. The van der Waals surface area contributed by atoms with Crippen LogP contribution in [0.4, 0.5) is 0 Å². The predicted octanol–water partition coefficient (Wildman–Crippen LogP) is 3.10. The van der Waals surface area contributed by atoms with E-state index in [4.69, 9.17) is 0 Å². The molecule has 1 fully saturated rings. The summed E-state index contributed by atoms with van der Waals surface area (Å²) < 4.78 is 0. The summed E-state index contributed by atoms with van der Waals surface area (Å²) in [6.45, 7) is 2.40. The maximum atomic E-state index is 10.7. The number of allylic oxidation sites excluding steroid dienone is 2. The van der Waals surface area contributed by atoms with Crippen LogP contribution in [-0.2, 0) is 4.79 Å². The number of carbonyl (C=O) groups excluding carboxylic acids is 1. The fourth-order valence-corrected chi connectivity index (χ4v) is 2.92. The first-order valence-corrected chi connectivity index (χ1v) is 5.39. The molecule has 0 unspecified atom stereocenters. The lowest BCUT2D eigenvalue weighted by atomic mass is 9.61. The van der Waals surface area contributed by atoms with Gasteiger partial charge in [-0.25, -0.2) is 0 Å². The van der Waals surface area contributed by atoms with Crippen LogP contribution in [0, 0.1) is 11.3 Å². The maximum absolute atomic E-state index is 10.7. The molecule has 0 saturated heterocycles. The van der Waals surface area contributed by atoms with Crippen LogP contribution in [0.1, 0.15) is 45.4 Å². The molecule has 0 radical (unpaired) electrons. The van der Waals surface area contributed by atoms with Crippen LogP contribution < -0.4 is 0 Å². The largest absolute Gasteiger partial charge is 0.298 e. The Balaban J connectivity index is 2.17. The van der Waals surface area contributed by atoms with Gasteiger partial charge in [-0.05, 0) is 42.6 Å². The highest BCUT2D eigenvalue weighted by Gasteiger charge is 2.37. The van der Waals surface area contributed by atoms with E-state index < -0.39 is 0 Å².